The summed E-state index contributed by atoms with van der Waals surface area (Å²) in [6.45, 7) is 5.62. The van der Waals surface area contributed by atoms with Gasteiger partial charge in [-0.15, -0.1) is 0 Å². The van der Waals surface area contributed by atoms with E-state index in [0.29, 0.717) is 27.9 Å². The van der Waals surface area contributed by atoms with Crippen LogP contribution in [-0.4, -0.2) is 32.8 Å². The summed E-state index contributed by atoms with van der Waals surface area (Å²) in [5.74, 6) is 0.798. The molecule has 1 amide bonds. The SMILES string of the molecule is CC[C@H]1CSC(=Nc2ccc(Cl)cc2)N1C(=O)CCc1c(C)[nH]c(=O)c(C#N)c1C. The molecule has 0 aliphatic carbocycles. The van der Waals surface area contributed by atoms with Crippen molar-refractivity contribution in [1.82, 2.24) is 9.88 Å². The number of halogens is 1. The predicted octanol–water partition coefficient (Wildman–Crippen LogP) is 4.49. The molecule has 1 N–H and O–H groups in total. The van der Waals surface area contributed by atoms with Crippen LogP contribution in [0.15, 0.2) is 34.1 Å². The van der Waals surface area contributed by atoms with Gasteiger partial charge in [0.15, 0.2) is 5.17 Å². The molecule has 3 rings (SSSR count). The Morgan fingerprint density at radius 2 is 2.07 bits per heavy atom. The van der Waals surface area contributed by atoms with E-state index in [1.54, 1.807) is 42.6 Å². The summed E-state index contributed by atoms with van der Waals surface area (Å²) in [6.07, 6.45) is 1.57. The first kappa shape index (κ1) is 22.1. The van der Waals surface area contributed by atoms with Crippen LogP contribution < -0.4 is 5.56 Å². The molecule has 1 fully saturated rings. The Morgan fingerprint density at radius 3 is 2.70 bits per heavy atom. The summed E-state index contributed by atoms with van der Waals surface area (Å²) in [7, 11) is 0. The van der Waals surface area contributed by atoms with E-state index in [-0.39, 0.29) is 29.5 Å². The fourth-order valence-corrected chi connectivity index (χ4v) is 4.98. The van der Waals surface area contributed by atoms with Crippen molar-refractivity contribution in [1.29, 1.82) is 5.26 Å². The number of nitrogens with zero attached hydrogens (tertiary/aromatic N) is 3. The Labute approximate surface area is 185 Å². The molecule has 2 heterocycles. The van der Waals surface area contributed by atoms with Crippen molar-refractivity contribution in [3.63, 3.8) is 0 Å². The first-order chi connectivity index (χ1) is 14.3. The Bertz CT molecular complexity index is 1090. The number of nitriles is 1. The number of pyridine rings is 1. The van der Waals surface area contributed by atoms with E-state index in [9.17, 15) is 14.9 Å². The van der Waals surface area contributed by atoms with Gasteiger partial charge in [-0.05, 0) is 62.1 Å². The topological polar surface area (TPSA) is 89.3 Å². The molecule has 1 aromatic heterocycles. The molecule has 156 valence electrons. The number of rotatable bonds is 5. The number of benzene rings is 1. The molecule has 1 saturated heterocycles. The minimum atomic E-state index is -0.387. The molecule has 1 atom stereocenters. The lowest BCUT2D eigenvalue weighted by atomic mass is 9.98. The second kappa shape index (κ2) is 9.50. The molecule has 0 radical (unpaired) electrons. The lowest BCUT2D eigenvalue weighted by Gasteiger charge is -2.23. The molecule has 0 unspecified atom stereocenters. The Kier molecular flexibility index (Phi) is 7.01. The number of amides is 1. The van der Waals surface area contributed by atoms with Gasteiger partial charge in [0.2, 0.25) is 5.91 Å². The summed E-state index contributed by atoms with van der Waals surface area (Å²) in [4.78, 5) is 34.3. The maximum atomic E-state index is 13.2. The Balaban J connectivity index is 1.83. The molecule has 6 nitrogen and oxygen atoms in total. The quantitative estimate of drug-likeness (QED) is 0.738. The van der Waals surface area contributed by atoms with Crippen molar-refractivity contribution in [3.05, 3.63) is 62.0 Å². The fourth-order valence-electron chi connectivity index (χ4n) is 3.57. The first-order valence-corrected chi connectivity index (χ1v) is 11.1. The number of H-pyrrole nitrogens is 1. The second-order valence-electron chi connectivity index (χ2n) is 7.18. The minimum absolute atomic E-state index is 0.0110. The van der Waals surface area contributed by atoms with Gasteiger partial charge in [0.05, 0.1) is 5.69 Å². The number of aromatic amines is 1. The van der Waals surface area contributed by atoms with E-state index in [1.807, 2.05) is 18.2 Å². The average Bonchev–Trinajstić information content (AvgIpc) is 3.12. The first-order valence-electron chi connectivity index (χ1n) is 9.77. The van der Waals surface area contributed by atoms with Gasteiger partial charge in [0, 0.05) is 28.9 Å². The van der Waals surface area contributed by atoms with Crippen LogP contribution in [0.3, 0.4) is 0 Å². The molecule has 1 aromatic carbocycles. The van der Waals surface area contributed by atoms with Gasteiger partial charge in [-0.1, -0.05) is 30.3 Å². The number of carbonyl (C=O) groups excluding carboxylic acids is 1. The highest BCUT2D eigenvalue weighted by molar-refractivity contribution is 8.14. The van der Waals surface area contributed by atoms with Crippen molar-refractivity contribution in [2.45, 2.75) is 46.1 Å². The number of nitrogens with one attached hydrogen (secondary N) is 1. The highest BCUT2D eigenvalue weighted by atomic mass is 35.5. The van der Waals surface area contributed by atoms with Crippen LogP contribution in [0.1, 0.15) is 42.1 Å². The summed E-state index contributed by atoms with van der Waals surface area (Å²) >= 11 is 7.53. The average molecular weight is 443 g/mol. The molecule has 8 heteroatoms. The third-order valence-corrected chi connectivity index (χ3v) is 6.63. The lowest BCUT2D eigenvalue weighted by molar-refractivity contribution is -0.128. The van der Waals surface area contributed by atoms with Crippen LogP contribution >= 0.6 is 23.4 Å². The minimum Gasteiger partial charge on any atom is -0.325 e. The van der Waals surface area contributed by atoms with Crippen molar-refractivity contribution in [2.75, 3.05) is 5.75 Å². The molecular weight excluding hydrogens is 420 g/mol. The van der Waals surface area contributed by atoms with Crippen LogP contribution in [0.2, 0.25) is 5.02 Å². The van der Waals surface area contributed by atoms with E-state index in [0.717, 1.165) is 23.4 Å². The predicted molar refractivity (Wildman–Crippen MR) is 122 cm³/mol. The van der Waals surface area contributed by atoms with Crippen molar-refractivity contribution in [2.24, 2.45) is 4.99 Å². The van der Waals surface area contributed by atoms with Gasteiger partial charge in [0.25, 0.3) is 5.56 Å². The van der Waals surface area contributed by atoms with Crippen LogP contribution in [-0.2, 0) is 11.2 Å². The van der Waals surface area contributed by atoms with Gasteiger partial charge in [-0.25, -0.2) is 4.99 Å². The van der Waals surface area contributed by atoms with E-state index >= 15 is 0 Å². The molecule has 0 saturated carbocycles. The second-order valence-corrected chi connectivity index (χ2v) is 8.60. The molecule has 0 bridgehead atoms. The van der Waals surface area contributed by atoms with Crippen LogP contribution in [0.4, 0.5) is 5.69 Å². The fraction of sp³-hybridized carbons (Fsp3) is 0.364. The molecule has 1 aliphatic heterocycles. The largest absolute Gasteiger partial charge is 0.325 e. The van der Waals surface area contributed by atoms with Gasteiger partial charge in [-0.3, -0.25) is 14.5 Å². The van der Waals surface area contributed by atoms with Crippen molar-refractivity contribution >= 4 is 40.1 Å². The number of thioether (sulfide) groups is 1. The molecule has 1 aliphatic rings. The highest BCUT2D eigenvalue weighted by Gasteiger charge is 2.33. The number of aryl methyl sites for hydroxylation is 1. The summed E-state index contributed by atoms with van der Waals surface area (Å²) in [5, 5.41) is 10.6. The lowest BCUT2D eigenvalue weighted by Crippen LogP contribution is -2.39. The summed E-state index contributed by atoms with van der Waals surface area (Å²) in [6, 6.07) is 9.26. The van der Waals surface area contributed by atoms with Gasteiger partial charge >= 0.3 is 0 Å². The zero-order valence-corrected chi connectivity index (χ0v) is 18.7. The van der Waals surface area contributed by atoms with Crippen LogP contribution in [0.5, 0.6) is 0 Å². The van der Waals surface area contributed by atoms with Gasteiger partial charge in [0.1, 0.15) is 11.6 Å². The molecule has 30 heavy (non-hydrogen) atoms. The standard InChI is InChI=1S/C22H23ClN4O2S/c1-4-17-12-30-22(26-16-7-5-15(23)6-8-16)27(17)20(28)10-9-18-13(2)19(11-24)21(29)25-14(18)3/h5-8,17H,4,9-10,12H2,1-3H3,(H,25,29)/t17-/m0/s1. The number of hydrogen-bond donors (Lipinski definition) is 1. The third-order valence-electron chi connectivity index (χ3n) is 5.28. The number of hydrogen-bond acceptors (Lipinski definition) is 5. The Morgan fingerprint density at radius 1 is 1.37 bits per heavy atom. The third kappa shape index (κ3) is 4.61. The molecule has 2 aromatic rings. The molecular formula is C22H23ClN4O2S. The highest BCUT2D eigenvalue weighted by Crippen LogP contribution is 2.30. The Hall–Kier alpha value is -2.56. The number of aromatic nitrogens is 1. The van der Waals surface area contributed by atoms with E-state index in [2.05, 4.69) is 16.9 Å². The summed E-state index contributed by atoms with van der Waals surface area (Å²) in [5.41, 5.74) is 2.66. The van der Waals surface area contributed by atoms with Gasteiger partial charge in [-0.2, -0.15) is 5.26 Å². The summed E-state index contributed by atoms with van der Waals surface area (Å²) < 4.78 is 0. The van der Waals surface area contributed by atoms with Gasteiger partial charge < -0.3 is 4.98 Å². The van der Waals surface area contributed by atoms with E-state index in [1.165, 1.54) is 0 Å². The van der Waals surface area contributed by atoms with E-state index in [4.69, 9.17) is 11.6 Å². The van der Waals surface area contributed by atoms with Crippen molar-refractivity contribution in [3.8, 4) is 6.07 Å². The monoisotopic (exact) mass is 442 g/mol. The van der Waals surface area contributed by atoms with Crippen LogP contribution in [0, 0.1) is 25.2 Å². The van der Waals surface area contributed by atoms with E-state index < -0.39 is 0 Å². The molecule has 0 spiro atoms. The zero-order chi connectivity index (χ0) is 21.8. The number of aliphatic imine (C=N–C) groups is 1. The number of carbonyl (C=O) groups is 1. The normalized spacial score (nSPS) is 17.4. The zero-order valence-electron chi connectivity index (χ0n) is 17.2. The number of amidine groups is 1. The maximum absolute atomic E-state index is 13.2. The van der Waals surface area contributed by atoms with Crippen molar-refractivity contribution < 1.29 is 4.79 Å². The maximum Gasteiger partial charge on any atom is 0.266 e. The van der Waals surface area contributed by atoms with Crippen LogP contribution in [0.25, 0.3) is 0 Å². The smallest absolute Gasteiger partial charge is 0.266 e.